The molecule has 0 N–H and O–H groups in total. The third-order valence-corrected chi connectivity index (χ3v) is 2.29. The van der Waals surface area contributed by atoms with E-state index in [-0.39, 0.29) is 0 Å². The topological polar surface area (TPSA) is 9.23 Å². The first-order valence-electron chi connectivity index (χ1n) is 3.33. The van der Waals surface area contributed by atoms with Crippen LogP contribution in [0.3, 0.4) is 0 Å². The lowest BCUT2D eigenvalue weighted by molar-refractivity contribution is 0.0492. The Bertz CT molecular complexity index is 182. The van der Waals surface area contributed by atoms with Gasteiger partial charge in [-0.15, -0.1) is 0 Å². The van der Waals surface area contributed by atoms with Crippen LogP contribution >= 0.6 is 22.6 Å². The summed E-state index contributed by atoms with van der Waals surface area (Å²) in [5.41, 5.74) is 1.26. The minimum atomic E-state index is 0.296. The van der Waals surface area contributed by atoms with Gasteiger partial charge in [-0.1, -0.05) is 43.0 Å². The summed E-state index contributed by atoms with van der Waals surface area (Å²) in [6.07, 6.45) is 0.296. The first kappa shape index (κ1) is 8.11. The number of ether oxygens (including phenoxy) is 1. The van der Waals surface area contributed by atoms with Crippen molar-refractivity contribution in [2.75, 3.05) is 0 Å². The van der Waals surface area contributed by atoms with Crippen LogP contribution in [0.2, 0.25) is 0 Å². The van der Waals surface area contributed by atoms with Gasteiger partial charge in [0.15, 0.2) is 0 Å². The van der Waals surface area contributed by atoms with Crippen molar-refractivity contribution >= 4 is 22.6 Å². The zero-order valence-electron chi connectivity index (χ0n) is 6.23. The second-order valence-electron chi connectivity index (χ2n) is 2.77. The summed E-state index contributed by atoms with van der Waals surface area (Å²) in [6, 6.07) is 0. The SMILES string of the molecule is C=C1OC(C(C)C)/C1=C\I. The van der Waals surface area contributed by atoms with Gasteiger partial charge in [-0.3, -0.25) is 0 Å². The van der Waals surface area contributed by atoms with Crippen LogP contribution in [-0.4, -0.2) is 6.10 Å². The second kappa shape index (κ2) is 2.95. The Labute approximate surface area is 75.3 Å². The van der Waals surface area contributed by atoms with Gasteiger partial charge < -0.3 is 4.74 Å². The van der Waals surface area contributed by atoms with Gasteiger partial charge in [0, 0.05) is 5.57 Å². The molecule has 0 aromatic carbocycles. The van der Waals surface area contributed by atoms with E-state index in [2.05, 4.69) is 43.0 Å². The van der Waals surface area contributed by atoms with E-state index in [1.165, 1.54) is 5.57 Å². The molecule has 1 unspecified atom stereocenters. The molecule has 56 valence electrons. The Kier molecular flexibility index (Phi) is 2.39. The first-order chi connectivity index (χ1) is 4.66. The summed E-state index contributed by atoms with van der Waals surface area (Å²) in [6.45, 7) is 8.05. The van der Waals surface area contributed by atoms with Gasteiger partial charge in [0.2, 0.25) is 0 Å². The molecule has 1 rings (SSSR count). The molecule has 0 spiro atoms. The lowest BCUT2D eigenvalue weighted by Gasteiger charge is -2.35. The maximum absolute atomic E-state index is 5.34. The van der Waals surface area contributed by atoms with E-state index >= 15 is 0 Å². The van der Waals surface area contributed by atoms with Crippen molar-refractivity contribution in [2.24, 2.45) is 5.92 Å². The van der Waals surface area contributed by atoms with Crippen molar-refractivity contribution < 1.29 is 4.74 Å². The molecule has 0 saturated carbocycles. The van der Waals surface area contributed by atoms with Gasteiger partial charge in [-0.2, -0.15) is 0 Å². The molecule has 0 bridgehead atoms. The minimum absolute atomic E-state index is 0.296. The van der Waals surface area contributed by atoms with Crippen molar-refractivity contribution in [1.29, 1.82) is 0 Å². The van der Waals surface area contributed by atoms with Crippen LogP contribution in [0.15, 0.2) is 22.0 Å². The van der Waals surface area contributed by atoms with Crippen LogP contribution in [0.1, 0.15) is 13.8 Å². The van der Waals surface area contributed by atoms with E-state index in [9.17, 15) is 0 Å². The van der Waals surface area contributed by atoms with Crippen molar-refractivity contribution in [3.05, 3.63) is 22.0 Å². The highest BCUT2D eigenvalue weighted by Crippen LogP contribution is 2.35. The fourth-order valence-electron chi connectivity index (χ4n) is 1.00. The van der Waals surface area contributed by atoms with Crippen molar-refractivity contribution in [3.8, 4) is 0 Å². The largest absolute Gasteiger partial charge is 0.485 e. The van der Waals surface area contributed by atoms with Crippen LogP contribution in [-0.2, 0) is 4.74 Å². The van der Waals surface area contributed by atoms with Gasteiger partial charge >= 0.3 is 0 Å². The van der Waals surface area contributed by atoms with Gasteiger partial charge in [-0.25, -0.2) is 0 Å². The quantitative estimate of drug-likeness (QED) is 0.650. The molecule has 1 nitrogen and oxygen atoms in total. The molecule has 0 aromatic heterocycles. The van der Waals surface area contributed by atoms with Gasteiger partial charge in [0.1, 0.15) is 11.9 Å². The fourth-order valence-corrected chi connectivity index (χ4v) is 1.71. The summed E-state index contributed by atoms with van der Waals surface area (Å²) in [4.78, 5) is 0. The third kappa shape index (κ3) is 1.21. The molecule has 1 heterocycles. The van der Waals surface area contributed by atoms with E-state index in [1.807, 2.05) is 4.08 Å². The van der Waals surface area contributed by atoms with Crippen LogP contribution in [0.5, 0.6) is 0 Å². The predicted octanol–water partition coefficient (Wildman–Crippen LogP) is 2.87. The lowest BCUT2D eigenvalue weighted by atomic mass is 9.94. The Morgan fingerprint density at radius 2 is 2.30 bits per heavy atom. The van der Waals surface area contributed by atoms with Crippen LogP contribution in [0.25, 0.3) is 0 Å². The smallest absolute Gasteiger partial charge is 0.130 e. The highest BCUT2D eigenvalue weighted by atomic mass is 127. The summed E-state index contributed by atoms with van der Waals surface area (Å²) >= 11 is 2.23. The van der Waals surface area contributed by atoms with Crippen LogP contribution < -0.4 is 0 Å². The average molecular weight is 250 g/mol. The van der Waals surface area contributed by atoms with E-state index in [4.69, 9.17) is 4.74 Å². The number of rotatable bonds is 1. The zero-order chi connectivity index (χ0) is 7.72. The zero-order valence-corrected chi connectivity index (χ0v) is 8.38. The standard InChI is InChI=1S/C8H11IO/c1-5(2)8-7(4-9)6(3)10-8/h4-5,8H,3H2,1-2H3/b7-4-. The van der Waals surface area contributed by atoms with Gasteiger partial charge in [-0.05, 0) is 10.0 Å². The van der Waals surface area contributed by atoms with E-state index < -0.39 is 0 Å². The minimum Gasteiger partial charge on any atom is -0.485 e. The molecule has 0 amide bonds. The Hall–Kier alpha value is 0.01000. The van der Waals surface area contributed by atoms with Crippen molar-refractivity contribution in [3.63, 3.8) is 0 Å². The molecule has 10 heavy (non-hydrogen) atoms. The summed E-state index contributed by atoms with van der Waals surface area (Å²) < 4.78 is 7.39. The van der Waals surface area contributed by atoms with Crippen molar-refractivity contribution in [1.82, 2.24) is 0 Å². The molecule has 0 radical (unpaired) electrons. The van der Waals surface area contributed by atoms with E-state index in [1.54, 1.807) is 0 Å². The normalized spacial score (nSPS) is 28.6. The lowest BCUT2D eigenvalue weighted by Crippen LogP contribution is -2.32. The summed E-state index contributed by atoms with van der Waals surface area (Å²) in [5, 5.41) is 0. The van der Waals surface area contributed by atoms with E-state index in [0.29, 0.717) is 12.0 Å². The molecule has 1 aliphatic rings. The Morgan fingerprint density at radius 3 is 2.50 bits per heavy atom. The maximum Gasteiger partial charge on any atom is 0.130 e. The number of hydrogen-bond acceptors (Lipinski definition) is 1. The molecule has 2 heteroatoms. The summed E-state index contributed by atoms with van der Waals surface area (Å²) in [7, 11) is 0. The maximum atomic E-state index is 5.34. The number of halogens is 1. The molecule has 1 aliphatic heterocycles. The van der Waals surface area contributed by atoms with Crippen LogP contribution in [0, 0.1) is 5.92 Å². The molecule has 0 aliphatic carbocycles. The monoisotopic (exact) mass is 250 g/mol. The molecule has 0 aromatic rings. The second-order valence-corrected chi connectivity index (χ2v) is 3.39. The summed E-state index contributed by atoms with van der Waals surface area (Å²) in [5.74, 6) is 1.40. The molecule has 1 fully saturated rings. The average Bonchev–Trinajstić information content (AvgIpc) is 1.83. The molecular weight excluding hydrogens is 239 g/mol. The van der Waals surface area contributed by atoms with E-state index in [0.717, 1.165) is 5.76 Å². The first-order valence-corrected chi connectivity index (χ1v) is 4.57. The molecular formula is C8H11IO. The number of hydrogen-bond donors (Lipinski definition) is 0. The fraction of sp³-hybridized carbons (Fsp3) is 0.500. The van der Waals surface area contributed by atoms with Crippen LogP contribution in [0.4, 0.5) is 0 Å². The highest BCUT2D eigenvalue weighted by Gasteiger charge is 2.32. The Morgan fingerprint density at radius 1 is 1.70 bits per heavy atom. The molecule has 1 atom stereocenters. The Balaban J connectivity index is 2.63. The molecule has 1 saturated heterocycles. The highest BCUT2D eigenvalue weighted by molar-refractivity contribution is 14.1. The van der Waals surface area contributed by atoms with Crippen molar-refractivity contribution in [2.45, 2.75) is 20.0 Å². The van der Waals surface area contributed by atoms with Gasteiger partial charge in [0.25, 0.3) is 0 Å². The van der Waals surface area contributed by atoms with Gasteiger partial charge in [0.05, 0.1) is 0 Å². The third-order valence-electron chi connectivity index (χ3n) is 1.62. The predicted molar refractivity (Wildman–Crippen MR) is 51.0 cm³/mol.